The lowest BCUT2D eigenvalue weighted by Gasteiger charge is -2.33. The van der Waals surface area contributed by atoms with Gasteiger partial charge in [0.05, 0.1) is 11.9 Å². The van der Waals surface area contributed by atoms with E-state index in [1.165, 1.54) is 8.61 Å². The first-order valence-electron chi connectivity index (χ1n) is 7.90. The second kappa shape index (κ2) is 6.58. The van der Waals surface area contributed by atoms with Gasteiger partial charge in [-0.25, -0.2) is 4.98 Å². The molecule has 0 radical (unpaired) electrons. The lowest BCUT2D eigenvalue weighted by molar-refractivity contribution is 0.296. The molecule has 1 atom stereocenters. The van der Waals surface area contributed by atoms with Gasteiger partial charge in [0.1, 0.15) is 11.4 Å². The van der Waals surface area contributed by atoms with Crippen LogP contribution < -0.4 is 0 Å². The molecule has 3 rings (SSSR count). The summed E-state index contributed by atoms with van der Waals surface area (Å²) in [5, 5.41) is 7.10. The van der Waals surface area contributed by atoms with Crippen molar-refractivity contribution in [2.24, 2.45) is 0 Å². The Morgan fingerprint density at radius 2 is 2.08 bits per heavy atom. The quantitative estimate of drug-likeness (QED) is 0.893. The van der Waals surface area contributed by atoms with Gasteiger partial charge in [0.15, 0.2) is 0 Å². The van der Waals surface area contributed by atoms with E-state index >= 15 is 0 Å². The number of hydrogen-bond donors (Lipinski definition) is 1. The van der Waals surface area contributed by atoms with Crippen LogP contribution in [0.4, 0.5) is 0 Å². The zero-order valence-electron chi connectivity index (χ0n) is 14.1. The highest BCUT2D eigenvalue weighted by atomic mass is 32.2. The lowest BCUT2D eigenvalue weighted by Crippen LogP contribution is -2.45. The first-order chi connectivity index (χ1) is 11.4. The molecule has 0 saturated carbocycles. The molecular weight excluding hydrogens is 328 g/mol. The first kappa shape index (κ1) is 17.0. The van der Waals surface area contributed by atoms with Crippen LogP contribution in [0.3, 0.4) is 0 Å². The minimum absolute atomic E-state index is 0.0426. The third-order valence-electron chi connectivity index (χ3n) is 4.21. The van der Waals surface area contributed by atoms with E-state index in [2.05, 4.69) is 20.2 Å². The summed E-state index contributed by atoms with van der Waals surface area (Å²) in [6.45, 7) is 2.90. The van der Waals surface area contributed by atoms with Crippen LogP contribution >= 0.6 is 0 Å². The fourth-order valence-electron chi connectivity index (χ4n) is 2.87. The summed E-state index contributed by atoms with van der Waals surface area (Å²) in [6.07, 6.45) is 5.11. The number of aromatic nitrogens is 4. The number of hydrogen-bond acceptors (Lipinski definition) is 5. The number of aryl methyl sites for hydroxylation is 1. The molecule has 0 amide bonds. The molecule has 0 bridgehead atoms. The van der Waals surface area contributed by atoms with Crippen LogP contribution in [0.15, 0.2) is 18.5 Å². The molecule has 2 aromatic heterocycles. The Kier molecular flexibility index (Phi) is 4.66. The summed E-state index contributed by atoms with van der Waals surface area (Å²) in [4.78, 5) is 8.93. The summed E-state index contributed by atoms with van der Waals surface area (Å²) >= 11 is 0. The topological polar surface area (TPSA) is 95.1 Å². The number of piperidine rings is 1. The standard InChI is InChI=1S/C15H22N6O2S/c1-11-7-13(19-18-11)15-9-16-8-14(17-15)12-5-4-6-21(10-12)24(22,23)20(2)3/h7-9,12H,4-6,10H2,1-3H3,(H,18,19). The van der Waals surface area contributed by atoms with Gasteiger partial charge in [0.2, 0.25) is 0 Å². The predicted octanol–water partition coefficient (Wildman–Crippen LogP) is 1.16. The van der Waals surface area contributed by atoms with Crippen LogP contribution in [0.5, 0.6) is 0 Å². The second-order valence-corrected chi connectivity index (χ2v) is 8.40. The molecule has 1 unspecified atom stereocenters. The largest absolute Gasteiger partial charge is 0.282 e. The SMILES string of the molecule is Cc1cc(-c2cncc(C3CCCN(S(=O)(=O)N(C)C)C3)n2)n[nH]1. The number of aromatic amines is 1. The highest BCUT2D eigenvalue weighted by molar-refractivity contribution is 7.86. The maximum absolute atomic E-state index is 12.4. The molecule has 1 fully saturated rings. The Morgan fingerprint density at radius 3 is 2.75 bits per heavy atom. The Balaban J connectivity index is 1.84. The summed E-state index contributed by atoms with van der Waals surface area (Å²) in [6, 6.07) is 1.91. The van der Waals surface area contributed by atoms with Crippen LogP contribution in [0.1, 0.15) is 30.1 Å². The highest BCUT2D eigenvalue weighted by Crippen LogP contribution is 2.28. The number of nitrogens with one attached hydrogen (secondary N) is 1. The van der Waals surface area contributed by atoms with Crippen molar-refractivity contribution in [1.82, 2.24) is 28.8 Å². The van der Waals surface area contributed by atoms with Crippen LogP contribution in [0, 0.1) is 6.92 Å². The monoisotopic (exact) mass is 350 g/mol. The number of nitrogens with zero attached hydrogens (tertiary/aromatic N) is 5. The fourth-order valence-corrected chi connectivity index (χ4v) is 4.06. The zero-order chi connectivity index (χ0) is 17.3. The molecule has 2 aromatic rings. The summed E-state index contributed by atoms with van der Waals surface area (Å²) in [7, 11) is -0.289. The van der Waals surface area contributed by atoms with E-state index in [4.69, 9.17) is 0 Å². The van der Waals surface area contributed by atoms with Gasteiger partial charge in [-0.3, -0.25) is 10.1 Å². The normalized spacial score (nSPS) is 19.8. The predicted molar refractivity (Wildman–Crippen MR) is 90.5 cm³/mol. The van der Waals surface area contributed by atoms with Crippen molar-refractivity contribution in [3.05, 3.63) is 29.8 Å². The number of rotatable bonds is 4. The van der Waals surface area contributed by atoms with E-state index in [9.17, 15) is 8.42 Å². The third kappa shape index (κ3) is 3.33. The van der Waals surface area contributed by atoms with Crippen molar-refractivity contribution < 1.29 is 8.42 Å². The highest BCUT2D eigenvalue weighted by Gasteiger charge is 2.31. The van der Waals surface area contributed by atoms with Gasteiger partial charge in [-0.05, 0) is 25.8 Å². The van der Waals surface area contributed by atoms with Gasteiger partial charge >= 0.3 is 0 Å². The molecule has 1 aliphatic heterocycles. The molecule has 0 aliphatic carbocycles. The van der Waals surface area contributed by atoms with Gasteiger partial charge < -0.3 is 0 Å². The maximum atomic E-state index is 12.4. The fraction of sp³-hybridized carbons (Fsp3) is 0.533. The van der Waals surface area contributed by atoms with Crippen LogP contribution in [0.25, 0.3) is 11.4 Å². The van der Waals surface area contributed by atoms with E-state index in [1.54, 1.807) is 26.5 Å². The van der Waals surface area contributed by atoms with Gasteiger partial charge in [-0.15, -0.1) is 0 Å². The van der Waals surface area contributed by atoms with E-state index in [1.807, 2.05) is 13.0 Å². The lowest BCUT2D eigenvalue weighted by atomic mass is 9.96. The zero-order valence-corrected chi connectivity index (χ0v) is 14.9. The van der Waals surface area contributed by atoms with Crippen molar-refractivity contribution >= 4 is 10.2 Å². The van der Waals surface area contributed by atoms with Gasteiger partial charge in [-0.1, -0.05) is 0 Å². The first-order valence-corrected chi connectivity index (χ1v) is 9.29. The van der Waals surface area contributed by atoms with Gasteiger partial charge in [-0.2, -0.15) is 22.1 Å². The molecule has 1 saturated heterocycles. The molecule has 8 nitrogen and oxygen atoms in total. The smallest absolute Gasteiger partial charge is 0.281 e. The summed E-state index contributed by atoms with van der Waals surface area (Å²) in [5.41, 5.74) is 3.21. The van der Waals surface area contributed by atoms with Crippen molar-refractivity contribution in [2.45, 2.75) is 25.7 Å². The second-order valence-electron chi connectivity index (χ2n) is 6.25. The Bertz CT molecular complexity index is 817. The molecule has 1 aliphatic rings. The summed E-state index contributed by atoms with van der Waals surface area (Å²) < 4.78 is 27.5. The van der Waals surface area contributed by atoms with Crippen molar-refractivity contribution in [3.8, 4) is 11.4 Å². The maximum Gasteiger partial charge on any atom is 0.281 e. The van der Waals surface area contributed by atoms with Gasteiger partial charge in [0, 0.05) is 45.0 Å². The molecular formula is C15H22N6O2S. The number of H-pyrrole nitrogens is 1. The van der Waals surface area contributed by atoms with Crippen LogP contribution in [-0.4, -0.2) is 64.4 Å². The van der Waals surface area contributed by atoms with Crippen LogP contribution in [0.2, 0.25) is 0 Å². The Hall–Kier alpha value is -1.84. The minimum atomic E-state index is -3.40. The minimum Gasteiger partial charge on any atom is -0.282 e. The molecule has 0 aromatic carbocycles. The Labute approximate surface area is 142 Å². The Morgan fingerprint density at radius 1 is 1.29 bits per heavy atom. The summed E-state index contributed by atoms with van der Waals surface area (Å²) in [5.74, 6) is 0.0426. The van der Waals surface area contributed by atoms with E-state index in [0.29, 0.717) is 18.8 Å². The molecule has 130 valence electrons. The van der Waals surface area contributed by atoms with Crippen molar-refractivity contribution in [2.75, 3.05) is 27.2 Å². The van der Waals surface area contributed by atoms with Crippen molar-refractivity contribution in [3.63, 3.8) is 0 Å². The molecule has 1 N–H and O–H groups in total. The van der Waals surface area contributed by atoms with E-state index in [-0.39, 0.29) is 5.92 Å². The van der Waals surface area contributed by atoms with Crippen LogP contribution in [-0.2, 0) is 10.2 Å². The molecule has 9 heteroatoms. The average molecular weight is 350 g/mol. The van der Waals surface area contributed by atoms with Gasteiger partial charge in [0.25, 0.3) is 10.2 Å². The third-order valence-corrected chi connectivity index (χ3v) is 6.12. The van der Waals surface area contributed by atoms with E-state index < -0.39 is 10.2 Å². The molecule has 3 heterocycles. The molecule has 0 spiro atoms. The molecule has 24 heavy (non-hydrogen) atoms. The van der Waals surface area contributed by atoms with Crippen molar-refractivity contribution in [1.29, 1.82) is 0 Å². The average Bonchev–Trinajstić information content (AvgIpc) is 3.01. The van der Waals surface area contributed by atoms with E-state index in [0.717, 1.165) is 29.9 Å².